The van der Waals surface area contributed by atoms with Crippen molar-refractivity contribution in [3.8, 4) is 0 Å². The van der Waals surface area contributed by atoms with E-state index in [1.807, 2.05) is 11.0 Å². The Hall–Kier alpha value is -1.88. The van der Waals surface area contributed by atoms with Crippen molar-refractivity contribution in [3.63, 3.8) is 0 Å². The van der Waals surface area contributed by atoms with Crippen LogP contribution < -0.4 is 5.32 Å². The maximum Gasteiger partial charge on any atom is 0.223 e. The Balaban J connectivity index is 1.64. The summed E-state index contributed by atoms with van der Waals surface area (Å²) < 4.78 is 0. The molecule has 1 aliphatic rings. The van der Waals surface area contributed by atoms with Gasteiger partial charge in [0, 0.05) is 45.7 Å². The van der Waals surface area contributed by atoms with E-state index in [1.165, 1.54) is 11.1 Å². The fourth-order valence-electron chi connectivity index (χ4n) is 2.48. The largest absolute Gasteiger partial charge is 0.342 e. The Bertz CT molecular complexity index is 482. The summed E-state index contributed by atoms with van der Waals surface area (Å²) in [5, 5.41) is 3.30. The first-order chi connectivity index (χ1) is 10.2. The molecule has 1 aromatic rings. The molecule has 1 heterocycles. The summed E-state index contributed by atoms with van der Waals surface area (Å²) in [5.74, 6) is 0.164. The Labute approximate surface area is 125 Å². The Morgan fingerprint density at radius 3 is 2.71 bits per heavy atom. The first kappa shape index (κ1) is 15.5. The van der Waals surface area contributed by atoms with Gasteiger partial charge in [-0.25, -0.2) is 0 Å². The van der Waals surface area contributed by atoms with E-state index >= 15 is 0 Å². The first-order valence-corrected chi connectivity index (χ1v) is 7.42. The van der Waals surface area contributed by atoms with Crippen LogP contribution >= 0.6 is 0 Å². The van der Waals surface area contributed by atoms with Crippen molar-refractivity contribution in [2.24, 2.45) is 0 Å². The van der Waals surface area contributed by atoms with Gasteiger partial charge in [0.1, 0.15) is 0 Å². The number of hydrogen-bond donors (Lipinski definition) is 1. The molecule has 21 heavy (non-hydrogen) atoms. The van der Waals surface area contributed by atoms with Crippen LogP contribution in [0.25, 0.3) is 0 Å². The molecule has 1 fully saturated rings. The third-order valence-electron chi connectivity index (χ3n) is 3.74. The molecule has 1 saturated heterocycles. The molecule has 2 amide bonds. The highest BCUT2D eigenvalue weighted by molar-refractivity contribution is 5.76. The fourth-order valence-corrected chi connectivity index (χ4v) is 2.48. The second-order valence-corrected chi connectivity index (χ2v) is 5.44. The van der Waals surface area contributed by atoms with E-state index in [0.29, 0.717) is 39.1 Å². The van der Waals surface area contributed by atoms with Crippen LogP contribution in [0.4, 0.5) is 0 Å². The average molecular weight is 289 g/mol. The minimum Gasteiger partial charge on any atom is -0.342 e. The molecule has 2 rings (SSSR count). The Morgan fingerprint density at radius 1 is 1.29 bits per heavy atom. The van der Waals surface area contributed by atoms with Crippen molar-refractivity contribution in [2.75, 3.05) is 32.7 Å². The molecule has 114 valence electrons. The van der Waals surface area contributed by atoms with E-state index in [4.69, 9.17) is 0 Å². The van der Waals surface area contributed by atoms with Gasteiger partial charge in [0.05, 0.1) is 0 Å². The normalized spacial score (nSPS) is 15.1. The monoisotopic (exact) mass is 289 g/mol. The highest BCUT2D eigenvalue weighted by Crippen LogP contribution is 2.04. The second kappa shape index (κ2) is 7.78. The van der Waals surface area contributed by atoms with Gasteiger partial charge in [-0.15, -0.1) is 0 Å². The fraction of sp³-hybridized carbons (Fsp3) is 0.500. The second-order valence-electron chi connectivity index (χ2n) is 5.44. The van der Waals surface area contributed by atoms with Gasteiger partial charge >= 0.3 is 0 Å². The van der Waals surface area contributed by atoms with Crippen LogP contribution in [0, 0.1) is 6.92 Å². The zero-order valence-electron chi connectivity index (χ0n) is 12.5. The third-order valence-corrected chi connectivity index (χ3v) is 3.74. The van der Waals surface area contributed by atoms with Gasteiger partial charge in [0.15, 0.2) is 0 Å². The first-order valence-electron chi connectivity index (χ1n) is 7.42. The molecule has 0 atom stereocenters. The van der Waals surface area contributed by atoms with Crippen molar-refractivity contribution >= 4 is 12.3 Å². The lowest BCUT2D eigenvalue weighted by atomic mass is 10.1. The van der Waals surface area contributed by atoms with Crippen LogP contribution in [0.5, 0.6) is 0 Å². The summed E-state index contributed by atoms with van der Waals surface area (Å²) >= 11 is 0. The molecule has 0 spiro atoms. The molecule has 0 saturated carbocycles. The molecule has 1 N–H and O–H groups in total. The summed E-state index contributed by atoms with van der Waals surface area (Å²) in [6.45, 7) is 6.13. The lowest BCUT2D eigenvalue weighted by Crippen LogP contribution is -2.48. The van der Waals surface area contributed by atoms with Crippen molar-refractivity contribution in [2.45, 2.75) is 19.9 Å². The Morgan fingerprint density at radius 2 is 2.05 bits per heavy atom. The summed E-state index contributed by atoms with van der Waals surface area (Å²) in [6, 6.07) is 8.35. The van der Waals surface area contributed by atoms with Crippen molar-refractivity contribution in [3.05, 3.63) is 35.4 Å². The SMILES string of the molecule is Cc1cccc(CNCCC(=O)N2CCN(C=O)CC2)c1. The molecule has 0 unspecified atom stereocenters. The van der Waals surface area contributed by atoms with Crippen LogP contribution in [-0.4, -0.2) is 54.8 Å². The zero-order chi connectivity index (χ0) is 15.1. The van der Waals surface area contributed by atoms with E-state index in [9.17, 15) is 9.59 Å². The highest BCUT2D eigenvalue weighted by Gasteiger charge is 2.19. The standard InChI is InChI=1S/C16H23N3O2/c1-14-3-2-4-15(11-14)12-17-6-5-16(21)19-9-7-18(13-20)8-10-19/h2-4,11,13,17H,5-10,12H2,1H3. The predicted molar refractivity (Wildman–Crippen MR) is 81.7 cm³/mol. The highest BCUT2D eigenvalue weighted by atomic mass is 16.2. The molecule has 0 aliphatic carbocycles. The molecule has 1 aliphatic heterocycles. The van der Waals surface area contributed by atoms with Crippen molar-refractivity contribution in [1.82, 2.24) is 15.1 Å². The van der Waals surface area contributed by atoms with E-state index < -0.39 is 0 Å². The molecule has 5 heteroatoms. The van der Waals surface area contributed by atoms with Gasteiger partial charge in [-0.05, 0) is 12.5 Å². The van der Waals surface area contributed by atoms with Crippen LogP contribution in [0.15, 0.2) is 24.3 Å². The number of amides is 2. The molecule has 0 aromatic heterocycles. The topological polar surface area (TPSA) is 52.7 Å². The number of benzene rings is 1. The number of hydrogen-bond acceptors (Lipinski definition) is 3. The number of carbonyl (C=O) groups excluding carboxylic acids is 2. The average Bonchev–Trinajstić information content (AvgIpc) is 2.51. The summed E-state index contributed by atoms with van der Waals surface area (Å²) in [4.78, 5) is 26.2. The van der Waals surface area contributed by atoms with Gasteiger partial charge in [0.2, 0.25) is 12.3 Å². The van der Waals surface area contributed by atoms with E-state index in [-0.39, 0.29) is 5.91 Å². The van der Waals surface area contributed by atoms with E-state index in [0.717, 1.165) is 13.0 Å². The maximum absolute atomic E-state index is 12.0. The zero-order valence-corrected chi connectivity index (χ0v) is 12.5. The van der Waals surface area contributed by atoms with Crippen LogP contribution in [0.2, 0.25) is 0 Å². The van der Waals surface area contributed by atoms with Gasteiger partial charge in [0.25, 0.3) is 0 Å². The summed E-state index contributed by atoms with van der Waals surface area (Å²) in [6.07, 6.45) is 1.36. The third kappa shape index (κ3) is 4.86. The number of piperazine rings is 1. The number of nitrogens with zero attached hydrogens (tertiary/aromatic N) is 2. The molecule has 5 nitrogen and oxygen atoms in total. The minimum atomic E-state index is 0.164. The van der Waals surface area contributed by atoms with E-state index in [2.05, 4.69) is 30.4 Å². The molecule has 0 radical (unpaired) electrons. The van der Waals surface area contributed by atoms with Gasteiger partial charge < -0.3 is 15.1 Å². The van der Waals surface area contributed by atoms with Crippen molar-refractivity contribution in [1.29, 1.82) is 0 Å². The molecule has 1 aromatic carbocycles. The van der Waals surface area contributed by atoms with Gasteiger partial charge in [-0.3, -0.25) is 9.59 Å². The molecular weight excluding hydrogens is 266 g/mol. The number of aryl methyl sites for hydroxylation is 1. The molecule has 0 bridgehead atoms. The van der Waals surface area contributed by atoms with Gasteiger partial charge in [-0.1, -0.05) is 29.8 Å². The van der Waals surface area contributed by atoms with Crippen LogP contribution in [-0.2, 0) is 16.1 Å². The lowest BCUT2D eigenvalue weighted by Gasteiger charge is -2.32. The Kier molecular flexibility index (Phi) is 5.75. The number of nitrogens with one attached hydrogen (secondary N) is 1. The van der Waals surface area contributed by atoms with Crippen molar-refractivity contribution < 1.29 is 9.59 Å². The van der Waals surface area contributed by atoms with Crippen LogP contribution in [0.3, 0.4) is 0 Å². The maximum atomic E-state index is 12.0. The minimum absolute atomic E-state index is 0.164. The number of rotatable bonds is 6. The smallest absolute Gasteiger partial charge is 0.223 e. The molecular formula is C16H23N3O2. The predicted octanol–water partition coefficient (Wildman–Crippen LogP) is 0.775. The quantitative estimate of drug-likeness (QED) is 0.622. The van der Waals surface area contributed by atoms with Crippen LogP contribution in [0.1, 0.15) is 17.5 Å². The van der Waals surface area contributed by atoms with Gasteiger partial charge in [-0.2, -0.15) is 0 Å². The summed E-state index contributed by atoms with van der Waals surface area (Å²) in [5.41, 5.74) is 2.49. The summed E-state index contributed by atoms with van der Waals surface area (Å²) in [7, 11) is 0. The number of carbonyl (C=O) groups is 2. The lowest BCUT2D eigenvalue weighted by molar-refractivity contribution is -0.135. The van der Waals surface area contributed by atoms with E-state index in [1.54, 1.807) is 4.90 Å².